The third-order valence-electron chi connectivity index (χ3n) is 3.13. The Morgan fingerprint density at radius 3 is 2.81 bits per heavy atom. The number of aliphatic carboxylic acids is 1. The van der Waals surface area contributed by atoms with E-state index in [4.69, 9.17) is 5.11 Å². The first-order chi connectivity index (χ1) is 9.78. The molecular formula is C10H15N5O5S. The van der Waals surface area contributed by atoms with Crippen molar-refractivity contribution in [3.63, 3.8) is 0 Å². The van der Waals surface area contributed by atoms with Gasteiger partial charge in [0.15, 0.2) is 9.84 Å². The van der Waals surface area contributed by atoms with Crippen molar-refractivity contribution in [1.29, 1.82) is 0 Å². The van der Waals surface area contributed by atoms with Crippen molar-refractivity contribution in [1.82, 2.24) is 19.7 Å². The number of hydrogen-bond acceptors (Lipinski definition) is 6. The second-order valence-electron chi connectivity index (χ2n) is 4.70. The second-order valence-corrected chi connectivity index (χ2v) is 6.93. The molecule has 0 radical (unpaired) electrons. The van der Waals surface area contributed by atoms with Gasteiger partial charge in [0.2, 0.25) is 5.95 Å². The molecule has 2 rings (SSSR count). The van der Waals surface area contributed by atoms with E-state index in [1.807, 2.05) is 0 Å². The lowest BCUT2D eigenvalue weighted by molar-refractivity contribution is -0.137. The van der Waals surface area contributed by atoms with Crippen molar-refractivity contribution in [2.75, 3.05) is 23.4 Å². The number of nitrogens with one attached hydrogen (secondary N) is 1. The van der Waals surface area contributed by atoms with Gasteiger partial charge in [0.05, 0.1) is 24.0 Å². The number of urea groups is 1. The maximum Gasteiger partial charge on any atom is 0.324 e. The molecular weight excluding hydrogens is 302 g/mol. The summed E-state index contributed by atoms with van der Waals surface area (Å²) in [5.74, 6) is -1.50. The van der Waals surface area contributed by atoms with Crippen LogP contribution in [0.2, 0.25) is 0 Å². The fourth-order valence-electron chi connectivity index (χ4n) is 2.10. The number of aryl methyl sites for hydroxylation is 1. The van der Waals surface area contributed by atoms with Gasteiger partial charge in [-0.3, -0.25) is 10.1 Å². The monoisotopic (exact) mass is 317 g/mol. The summed E-state index contributed by atoms with van der Waals surface area (Å²) < 4.78 is 24.5. The summed E-state index contributed by atoms with van der Waals surface area (Å²) in [4.78, 5) is 28.0. The highest BCUT2D eigenvalue weighted by Crippen LogP contribution is 2.16. The molecule has 0 aliphatic carbocycles. The Hall–Kier alpha value is -2.17. The molecule has 1 aliphatic heterocycles. The smallest absolute Gasteiger partial charge is 0.324 e. The average Bonchev–Trinajstić information content (AvgIpc) is 2.73. The van der Waals surface area contributed by atoms with Gasteiger partial charge in [0.25, 0.3) is 0 Å². The molecule has 2 heterocycles. The summed E-state index contributed by atoms with van der Waals surface area (Å²) in [6.07, 6.45) is 0.830. The zero-order valence-corrected chi connectivity index (χ0v) is 12.1. The number of hydrogen-bond donors (Lipinski definition) is 2. The van der Waals surface area contributed by atoms with E-state index < -0.39 is 34.3 Å². The van der Waals surface area contributed by atoms with Crippen molar-refractivity contribution in [2.45, 2.75) is 12.5 Å². The molecule has 1 aromatic heterocycles. The number of amides is 2. The van der Waals surface area contributed by atoms with E-state index in [-0.39, 0.29) is 24.0 Å². The van der Waals surface area contributed by atoms with Gasteiger partial charge in [-0.25, -0.2) is 17.9 Å². The summed E-state index contributed by atoms with van der Waals surface area (Å²) in [7, 11) is -1.75. The van der Waals surface area contributed by atoms with Gasteiger partial charge >= 0.3 is 12.0 Å². The molecule has 11 heteroatoms. The van der Waals surface area contributed by atoms with E-state index in [0.717, 1.165) is 0 Å². The number of carboxylic acids is 1. The Morgan fingerprint density at radius 1 is 1.52 bits per heavy atom. The quantitative estimate of drug-likeness (QED) is 0.724. The topological polar surface area (TPSA) is 134 Å². The van der Waals surface area contributed by atoms with E-state index in [0.29, 0.717) is 0 Å². The van der Waals surface area contributed by atoms with Gasteiger partial charge in [0, 0.05) is 13.6 Å². The lowest BCUT2D eigenvalue weighted by atomic mass is 10.2. The molecule has 1 atom stereocenters. The van der Waals surface area contributed by atoms with Crippen molar-refractivity contribution in [2.24, 2.45) is 7.05 Å². The minimum atomic E-state index is -3.33. The van der Waals surface area contributed by atoms with E-state index in [9.17, 15) is 18.0 Å². The summed E-state index contributed by atoms with van der Waals surface area (Å²) in [5.41, 5.74) is 0. The lowest BCUT2D eigenvalue weighted by Gasteiger charge is -2.34. The third kappa shape index (κ3) is 3.68. The van der Waals surface area contributed by atoms with Crippen molar-refractivity contribution in [3.8, 4) is 0 Å². The molecule has 1 aliphatic rings. The Kier molecular flexibility index (Phi) is 4.11. The highest BCUT2D eigenvalue weighted by Gasteiger charge is 2.35. The first kappa shape index (κ1) is 15.2. The molecule has 0 aromatic carbocycles. The highest BCUT2D eigenvalue weighted by molar-refractivity contribution is 7.91. The zero-order chi connectivity index (χ0) is 15.6. The number of sulfone groups is 1. The Balaban J connectivity index is 2.13. The van der Waals surface area contributed by atoms with Gasteiger partial charge in [-0.15, -0.1) is 0 Å². The molecule has 116 valence electrons. The van der Waals surface area contributed by atoms with E-state index in [2.05, 4.69) is 15.4 Å². The number of rotatable bonds is 3. The summed E-state index contributed by atoms with van der Waals surface area (Å²) in [5, 5.41) is 15.1. The first-order valence-electron chi connectivity index (χ1n) is 6.12. The van der Waals surface area contributed by atoms with Gasteiger partial charge in [0.1, 0.15) is 6.33 Å². The van der Waals surface area contributed by atoms with Crippen LogP contribution in [0.1, 0.15) is 6.42 Å². The third-order valence-corrected chi connectivity index (χ3v) is 4.83. The molecule has 2 amide bonds. The fraction of sp³-hybridized carbons (Fsp3) is 0.600. The number of aromatic nitrogens is 3. The molecule has 1 saturated heterocycles. The maximum absolute atomic E-state index is 12.2. The molecule has 0 spiro atoms. The van der Waals surface area contributed by atoms with Gasteiger partial charge in [-0.1, -0.05) is 0 Å². The normalized spacial score (nSPS) is 21.0. The molecule has 1 fully saturated rings. The Morgan fingerprint density at radius 2 is 2.24 bits per heavy atom. The number of anilines is 1. The van der Waals surface area contributed by atoms with Gasteiger partial charge in [-0.2, -0.15) is 10.1 Å². The van der Waals surface area contributed by atoms with Crippen LogP contribution in [0.15, 0.2) is 6.33 Å². The van der Waals surface area contributed by atoms with Crippen LogP contribution in [0.25, 0.3) is 0 Å². The SMILES string of the molecule is Cn1ncnc1NC(=O)N1CCS(=O)(=O)CC1CC(=O)O. The summed E-state index contributed by atoms with van der Waals surface area (Å²) in [6, 6.07) is -1.48. The molecule has 1 unspecified atom stereocenters. The van der Waals surface area contributed by atoms with E-state index in [1.54, 1.807) is 7.05 Å². The number of nitrogens with zero attached hydrogens (tertiary/aromatic N) is 4. The van der Waals surface area contributed by atoms with Crippen LogP contribution in [0, 0.1) is 0 Å². The minimum Gasteiger partial charge on any atom is -0.481 e. The molecule has 0 bridgehead atoms. The van der Waals surface area contributed by atoms with Crippen LogP contribution in [0.5, 0.6) is 0 Å². The summed E-state index contributed by atoms with van der Waals surface area (Å²) in [6.45, 7) is -0.0516. The van der Waals surface area contributed by atoms with E-state index in [1.165, 1.54) is 15.9 Å². The molecule has 21 heavy (non-hydrogen) atoms. The van der Waals surface area contributed by atoms with Crippen LogP contribution in [0.4, 0.5) is 10.7 Å². The summed E-state index contributed by atoms with van der Waals surface area (Å²) >= 11 is 0. The average molecular weight is 317 g/mol. The van der Waals surface area contributed by atoms with Crippen molar-refractivity contribution in [3.05, 3.63) is 6.33 Å². The number of carbonyl (C=O) groups is 2. The van der Waals surface area contributed by atoms with E-state index >= 15 is 0 Å². The maximum atomic E-state index is 12.2. The number of carboxylic acid groups (broad SMARTS) is 1. The largest absolute Gasteiger partial charge is 0.481 e. The Labute approximate surface area is 120 Å². The molecule has 10 nitrogen and oxygen atoms in total. The van der Waals surface area contributed by atoms with Crippen LogP contribution >= 0.6 is 0 Å². The molecule has 1 aromatic rings. The fourth-order valence-corrected chi connectivity index (χ4v) is 3.63. The first-order valence-corrected chi connectivity index (χ1v) is 7.94. The number of carbonyl (C=O) groups excluding carboxylic acids is 1. The zero-order valence-electron chi connectivity index (χ0n) is 11.3. The van der Waals surface area contributed by atoms with Gasteiger partial charge in [-0.05, 0) is 0 Å². The van der Waals surface area contributed by atoms with Crippen LogP contribution < -0.4 is 5.32 Å². The van der Waals surface area contributed by atoms with Crippen LogP contribution in [-0.4, -0.2) is 69.3 Å². The van der Waals surface area contributed by atoms with Crippen LogP contribution in [0.3, 0.4) is 0 Å². The van der Waals surface area contributed by atoms with Crippen LogP contribution in [-0.2, 0) is 21.7 Å². The van der Waals surface area contributed by atoms with Crippen molar-refractivity contribution >= 4 is 27.8 Å². The second kappa shape index (κ2) is 5.68. The Bertz CT molecular complexity index is 655. The minimum absolute atomic E-state index is 0.0516. The van der Waals surface area contributed by atoms with Crippen molar-refractivity contribution < 1.29 is 23.1 Å². The highest BCUT2D eigenvalue weighted by atomic mass is 32.2. The lowest BCUT2D eigenvalue weighted by Crippen LogP contribution is -2.53. The molecule has 2 N–H and O–H groups in total. The predicted molar refractivity (Wildman–Crippen MR) is 71.4 cm³/mol. The van der Waals surface area contributed by atoms with Gasteiger partial charge < -0.3 is 10.0 Å². The standard InChI is InChI=1S/C10H15N5O5S/c1-14-9(11-6-12-14)13-10(18)15-2-3-21(19,20)5-7(15)4-8(16)17/h6-7H,2-5H2,1H3,(H,16,17)(H,11,12,13,18). The molecule has 0 saturated carbocycles. The predicted octanol–water partition coefficient (Wildman–Crippen LogP) is -1.08.